The molecule has 3 heteroatoms. The van der Waals surface area contributed by atoms with Crippen molar-refractivity contribution in [1.82, 2.24) is 9.78 Å². The molecule has 0 aliphatic heterocycles. The van der Waals surface area contributed by atoms with Crippen molar-refractivity contribution < 1.29 is 0 Å². The summed E-state index contributed by atoms with van der Waals surface area (Å²) in [7, 11) is 0. The van der Waals surface area contributed by atoms with Gasteiger partial charge in [0.1, 0.15) is 0 Å². The molecule has 2 aliphatic carbocycles. The Kier molecular flexibility index (Phi) is 2.33. The first-order chi connectivity index (χ1) is 9.26. The highest BCUT2D eigenvalue weighted by Gasteiger charge is 2.36. The van der Waals surface area contributed by atoms with Crippen LogP contribution in [0.5, 0.6) is 0 Å². The molecule has 1 unspecified atom stereocenters. The van der Waals surface area contributed by atoms with Crippen LogP contribution < -0.4 is 5.73 Å². The normalized spacial score (nSPS) is 26.2. The molecular formula is C16H19N3. The van der Waals surface area contributed by atoms with Crippen LogP contribution in [0.2, 0.25) is 0 Å². The van der Waals surface area contributed by atoms with Gasteiger partial charge in [-0.2, -0.15) is 5.10 Å². The van der Waals surface area contributed by atoms with E-state index in [9.17, 15) is 0 Å². The van der Waals surface area contributed by atoms with E-state index in [1.807, 2.05) is 12.3 Å². The summed E-state index contributed by atoms with van der Waals surface area (Å²) in [5.41, 5.74) is 10.5. The van der Waals surface area contributed by atoms with Crippen LogP contribution in [0, 0.1) is 0 Å². The number of rotatable bonds is 2. The second kappa shape index (κ2) is 3.94. The summed E-state index contributed by atoms with van der Waals surface area (Å²) in [5, 5.41) is 4.58. The van der Waals surface area contributed by atoms with Crippen LogP contribution >= 0.6 is 0 Å². The van der Waals surface area contributed by atoms with Gasteiger partial charge in [0, 0.05) is 11.2 Å². The van der Waals surface area contributed by atoms with Crippen molar-refractivity contribution in [2.75, 3.05) is 0 Å². The number of fused-ring (bicyclic) bond motifs is 1. The van der Waals surface area contributed by atoms with E-state index in [1.165, 1.54) is 29.7 Å². The van der Waals surface area contributed by atoms with Crippen molar-refractivity contribution in [1.29, 1.82) is 0 Å². The van der Waals surface area contributed by atoms with Gasteiger partial charge < -0.3 is 5.73 Å². The Morgan fingerprint density at radius 3 is 2.74 bits per heavy atom. The van der Waals surface area contributed by atoms with E-state index < -0.39 is 0 Å². The largest absolute Gasteiger partial charge is 0.321 e. The monoisotopic (exact) mass is 253 g/mol. The van der Waals surface area contributed by atoms with Gasteiger partial charge in [0.2, 0.25) is 0 Å². The molecule has 0 amide bonds. The van der Waals surface area contributed by atoms with Crippen molar-refractivity contribution in [3.63, 3.8) is 0 Å². The van der Waals surface area contributed by atoms with Gasteiger partial charge in [-0.1, -0.05) is 30.3 Å². The minimum Gasteiger partial charge on any atom is -0.321 e. The first kappa shape index (κ1) is 11.2. The summed E-state index contributed by atoms with van der Waals surface area (Å²) in [6.07, 6.45) is 7.61. The number of nitrogens with zero attached hydrogens (tertiary/aromatic N) is 2. The van der Waals surface area contributed by atoms with E-state index in [4.69, 9.17) is 5.73 Å². The second-order valence-corrected chi connectivity index (χ2v) is 5.99. The summed E-state index contributed by atoms with van der Waals surface area (Å²) in [5.74, 6) is 0. The van der Waals surface area contributed by atoms with E-state index in [1.54, 1.807) is 0 Å². The molecule has 1 atom stereocenters. The first-order valence-electron chi connectivity index (χ1n) is 7.16. The van der Waals surface area contributed by atoms with Crippen molar-refractivity contribution in [2.24, 2.45) is 5.73 Å². The van der Waals surface area contributed by atoms with Gasteiger partial charge in [0.25, 0.3) is 0 Å². The smallest absolute Gasteiger partial charge is 0.0525 e. The lowest BCUT2D eigenvalue weighted by molar-refractivity contribution is 0.376. The van der Waals surface area contributed by atoms with Gasteiger partial charge in [-0.3, -0.25) is 4.68 Å². The second-order valence-electron chi connectivity index (χ2n) is 5.99. The Balaban J connectivity index is 1.68. The van der Waals surface area contributed by atoms with E-state index in [-0.39, 0.29) is 5.54 Å². The fourth-order valence-electron chi connectivity index (χ4n) is 3.27. The van der Waals surface area contributed by atoms with E-state index in [2.05, 4.69) is 34.0 Å². The van der Waals surface area contributed by atoms with Gasteiger partial charge in [-0.05, 0) is 43.2 Å². The van der Waals surface area contributed by atoms with E-state index >= 15 is 0 Å². The maximum Gasteiger partial charge on any atom is 0.0525 e. The topological polar surface area (TPSA) is 43.8 Å². The molecule has 1 aromatic heterocycles. The quantitative estimate of drug-likeness (QED) is 0.894. The Morgan fingerprint density at radius 2 is 2.00 bits per heavy atom. The lowest BCUT2D eigenvalue weighted by Gasteiger charge is -2.34. The molecule has 1 saturated carbocycles. The summed E-state index contributed by atoms with van der Waals surface area (Å²) < 4.78 is 2.25. The van der Waals surface area contributed by atoms with Crippen LogP contribution in [0.3, 0.4) is 0 Å². The molecule has 1 fully saturated rings. The summed E-state index contributed by atoms with van der Waals surface area (Å²) in [6.45, 7) is 0. The zero-order valence-corrected chi connectivity index (χ0v) is 11.0. The Morgan fingerprint density at radius 1 is 1.21 bits per heavy atom. The molecular weight excluding hydrogens is 234 g/mol. The molecule has 3 nitrogen and oxygen atoms in total. The molecule has 1 heterocycles. The van der Waals surface area contributed by atoms with Gasteiger partial charge in [-0.25, -0.2) is 0 Å². The molecule has 2 aliphatic rings. The van der Waals surface area contributed by atoms with Gasteiger partial charge in [0.05, 0.1) is 12.2 Å². The Hall–Kier alpha value is -1.61. The molecule has 2 aromatic rings. The van der Waals surface area contributed by atoms with Crippen molar-refractivity contribution >= 4 is 0 Å². The highest BCUT2D eigenvalue weighted by Crippen LogP contribution is 2.40. The zero-order valence-electron chi connectivity index (χ0n) is 11.0. The van der Waals surface area contributed by atoms with Crippen LogP contribution in [0.25, 0.3) is 0 Å². The Labute approximate surface area is 113 Å². The molecule has 1 aromatic carbocycles. The van der Waals surface area contributed by atoms with Crippen LogP contribution in [0.15, 0.2) is 36.5 Å². The lowest BCUT2D eigenvalue weighted by Crippen LogP contribution is -2.42. The molecule has 2 N–H and O–H groups in total. The maximum atomic E-state index is 6.66. The molecule has 4 rings (SSSR count). The molecule has 19 heavy (non-hydrogen) atoms. The number of hydrogen-bond acceptors (Lipinski definition) is 2. The zero-order chi connectivity index (χ0) is 12.9. The Bertz CT molecular complexity index is 598. The average Bonchev–Trinajstić information content (AvgIpc) is 3.20. The highest BCUT2D eigenvalue weighted by atomic mass is 15.3. The number of nitrogens with two attached hydrogens (primary N) is 1. The third-order valence-corrected chi connectivity index (χ3v) is 4.54. The molecule has 98 valence electrons. The number of benzene rings is 1. The predicted octanol–water partition coefficient (Wildman–Crippen LogP) is 2.56. The summed E-state index contributed by atoms with van der Waals surface area (Å²) >= 11 is 0. The third kappa shape index (κ3) is 1.80. The van der Waals surface area contributed by atoms with Gasteiger partial charge >= 0.3 is 0 Å². The highest BCUT2D eigenvalue weighted by molar-refractivity contribution is 5.33. The van der Waals surface area contributed by atoms with Crippen molar-refractivity contribution in [2.45, 2.75) is 43.7 Å². The summed E-state index contributed by atoms with van der Waals surface area (Å²) in [6, 6.07) is 11.2. The van der Waals surface area contributed by atoms with Gasteiger partial charge in [-0.15, -0.1) is 0 Å². The minimum atomic E-state index is -0.217. The SMILES string of the molecule is NC1(c2ccccc2)CCc2c(cnn2C2CC2)C1. The summed E-state index contributed by atoms with van der Waals surface area (Å²) in [4.78, 5) is 0. The minimum absolute atomic E-state index is 0.217. The van der Waals surface area contributed by atoms with E-state index in [0.717, 1.165) is 19.3 Å². The van der Waals surface area contributed by atoms with Gasteiger partial charge in [0.15, 0.2) is 0 Å². The molecule has 0 saturated heterocycles. The van der Waals surface area contributed by atoms with Crippen molar-refractivity contribution in [3.8, 4) is 0 Å². The van der Waals surface area contributed by atoms with E-state index in [0.29, 0.717) is 6.04 Å². The first-order valence-corrected chi connectivity index (χ1v) is 7.16. The van der Waals surface area contributed by atoms with Crippen molar-refractivity contribution in [3.05, 3.63) is 53.3 Å². The van der Waals surface area contributed by atoms with Crippen LogP contribution in [-0.4, -0.2) is 9.78 Å². The third-order valence-electron chi connectivity index (χ3n) is 4.54. The molecule has 0 spiro atoms. The fourth-order valence-corrected chi connectivity index (χ4v) is 3.27. The molecule has 0 bridgehead atoms. The van der Waals surface area contributed by atoms with Crippen LogP contribution in [0.1, 0.15) is 42.1 Å². The number of hydrogen-bond donors (Lipinski definition) is 1. The lowest BCUT2D eigenvalue weighted by atomic mass is 9.76. The van der Waals surface area contributed by atoms with Crippen LogP contribution in [-0.2, 0) is 18.4 Å². The maximum absolute atomic E-state index is 6.66. The number of aromatic nitrogens is 2. The van der Waals surface area contributed by atoms with Crippen LogP contribution in [0.4, 0.5) is 0 Å². The fraction of sp³-hybridized carbons (Fsp3) is 0.438. The molecule has 0 radical (unpaired) electrons. The predicted molar refractivity (Wildman–Crippen MR) is 74.8 cm³/mol. The average molecular weight is 253 g/mol. The standard InChI is InChI=1S/C16H19N3/c17-16(13-4-2-1-3-5-13)9-8-15-12(10-16)11-18-19(15)14-6-7-14/h1-5,11,14H,6-10,17H2.